The first-order chi connectivity index (χ1) is 8.09. The van der Waals surface area contributed by atoms with Crippen molar-refractivity contribution in [3.05, 3.63) is 59.3 Å². The van der Waals surface area contributed by atoms with Gasteiger partial charge in [0.05, 0.1) is 6.04 Å². The number of anilines is 1. The molecule has 1 aromatic heterocycles. The molecule has 0 saturated heterocycles. The van der Waals surface area contributed by atoms with E-state index >= 15 is 0 Å². The molecular formula is C12H11F2N3. The summed E-state index contributed by atoms with van der Waals surface area (Å²) < 4.78 is 25.9. The Bertz CT molecular complexity index is 543. The van der Waals surface area contributed by atoms with Crippen LogP contribution in [0.3, 0.4) is 0 Å². The zero-order chi connectivity index (χ0) is 12.4. The maximum absolute atomic E-state index is 13.1. The minimum Gasteiger partial charge on any atom is -0.383 e. The van der Waals surface area contributed by atoms with Gasteiger partial charge in [-0.2, -0.15) is 0 Å². The van der Waals surface area contributed by atoms with Crippen LogP contribution in [0.25, 0.3) is 0 Å². The summed E-state index contributed by atoms with van der Waals surface area (Å²) in [4.78, 5) is 3.90. The molecule has 2 aromatic rings. The number of nitrogens with zero attached hydrogens (tertiary/aromatic N) is 1. The molecule has 0 aliphatic carbocycles. The molecular weight excluding hydrogens is 224 g/mol. The highest BCUT2D eigenvalue weighted by Gasteiger charge is 2.14. The zero-order valence-corrected chi connectivity index (χ0v) is 8.90. The standard InChI is InChI=1S/C12H11F2N3/c13-9-4-3-7(6-10(9)14)11(15)8-2-1-5-17-12(8)16/h1-6,11H,15H2,(H2,16,17). The highest BCUT2D eigenvalue weighted by Crippen LogP contribution is 2.24. The number of nitrogens with two attached hydrogens (primary N) is 2. The van der Waals surface area contributed by atoms with Crippen molar-refractivity contribution in [3.8, 4) is 0 Å². The number of nitrogen functional groups attached to an aromatic ring is 1. The van der Waals surface area contributed by atoms with E-state index in [0.717, 1.165) is 12.1 Å². The van der Waals surface area contributed by atoms with E-state index in [1.165, 1.54) is 12.3 Å². The van der Waals surface area contributed by atoms with Gasteiger partial charge in [0.25, 0.3) is 0 Å². The highest BCUT2D eigenvalue weighted by molar-refractivity contribution is 5.45. The molecule has 0 aliphatic heterocycles. The van der Waals surface area contributed by atoms with Gasteiger partial charge >= 0.3 is 0 Å². The highest BCUT2D eigenvalue weighted by atomic mass is 19.2. The lowest BCUT2D eigenvalue weighted by atomic mass is 10.00. The summed E-state index contributed by atoms with van der Waals surface area (Å²) in [6, 6.07) is 6.29. The van der Waals surface area contributed by atoms with Crippen LogP contribution in [0.5, 0.6) is 0 Å². The Morgan fingerprint density at radius 1 is 1.12 bits per heavy atom. The maximum Gasteiger partial charge on any atom is 0.159 e. The average molecular weight is 235 g/mol. The van der Waals surface area contributed by atoms with Crippen LogP contribution in [-0.2, 0) is 0 Å². The van der Waals surface area contributed by atoms with Crippen LogP contribution < -0.4 is 11.5 Å². The number of hydrogen-bond donors (Lipinski definition) is 2. The molecule has 0 radical (unpaired) electrons. The number of benzene rings is 1. The van der Waals surface area contributed by atoms with Crippen molar-refractivity contribution in [1.29, 1.82) is 0 Å². The smallest absolute Gasteiger partial charge is 0.159 e. The average Bonchev–Trinajstić information content (AvgIpc) is 2.32. The molecule has 0 spiro atoms. The molecule has 1 heterocycles. The third kappa shape index (κ3) is 2.24. The number of halogens is 2. The van der Waals surface area contributed by atoms with E-state index in [2.05, 4.69) is 4.98 Å². The quantitative estimate of drug-likeness (QED) is 0.836. The summed E-state index contributed by atoms with van der Waals surface area (Å²) in [5.41, 5.74) is 12.6. The van der Waals surface area contributed by atoms with Gasteiger partial charge in [-0.3, -0.25) is 0 Å². The lowest BCUT2D eigenvalue weighted by molar-refractivity contribution is 0.506. The van der Waals surface area contributed by atoms with Gasteiger partial charge in [0.2, 0.25) is 0 Å². The molecule has 0 fully saturated rings. The van der Waals surface area contributed by atoms with Gasteiger partial charge < -0.3 is 11.5 Å². The predicted molar refractivity (Wildman–Crippen MR) is 61.0 cm³/mol. The molecule has 0 bridgehead atoms. The van der Waals surface area contributed by atoms with E-state index in [-0.39, 0.29) is 5.82 Å². The normalized spacial score (nSPS) is 12.4. The van der Waals surface area contributed by atoms with Crippen LogP contribution >= 0.6 is 0 Å². The molecule has 4 N–H and O–H groups in total. The maximum atomic E-state index is 13.1. The summed E-state index contributed by atoms with van der Waals surface area (Å²) in [7, 11) is 0. The van der Waals surface area contributed by atoms with Gasteiger partial charge in [0.15, 0.2) is 11.6 Å². The molecule has 88 valence electrons. The van der Waals surface area contributed by atoms with Crippen LogP contribution in [0.1, 0.15) is 17.2 Å². The molecule has 0 amide bonds. The monoisotopic (exact) mass is 235 g/mol. The lowest BCUT2D eigenvalue weighted by Crippen LogP contribution is -2.15. The fourth-order valence-electron chi connectivity index (χ4n) is 1.58. The second-order valence-corrected chi connectivity index (χ2v) is 3.63. The second-order valence-electron chi connectivity index (χ2n) is 3.63. The Labute approximate surface area is 97.1 Å². The van der Waals surface area contributed by atoms with Crippen LogP contribution in [0.2, 0.25) is 0 Å². The summed E-state index contributed by atoms with van der Waals surface area (Å²) in [5, 5.41) is 0. The molecule has 0 saturated carbocycles. The predicted octanol–water partition coefficient (Wildman–Crippen LogP) is 1.99. The van der Waals surface area contributed by atoms with E-state index in [4.69, 9.17) is 11.5 Å². The summed E-state index contributed by atoms with van der Waals surface area (Å²) in [6.07, 6.45) is 1.54. The van der Waals surface area contributed by atoms with Gasteiger partial charge in [-0.1, -0.05) is 12.1 Å². The molecule has 0 aliphatic rings. The molecule has 1 atom stereocenters. The third-order valence-electron chi connectivity index (χ3n) is 2.51. The van der Waals surface area contributed by atoms with Crippen molar-refractivity contribution >= 4 is 5.82 Å². The van der Waals surface area contributed by atoms with Gasteiger partial charge in [-0.25, -0.2) is 13.8 Å². The number of hydrogen-bond acceptors (Lipinski definition) is 3. The lowest BCUT2D eigenvalue weighted by Gasteiger charge is -2.14. The fourth-order valence-corrected chi connectivity index (χ4v) is 1.58. The van der Waals surface area contributed by atoms with Crippen molar-refractivity contribution in [2.75, 3.05) is 5.73 Å². The Kier molecular flexibility index (Phi) is 3.01. The number of pyridine rings is 1. The first kappa shape index (κ1) is 11.5. The Hall–Kier alpha value is -2.01. The molecule has 1 unspecified atom stereocenters. The third-order valence-corrected chi connectivity index (χ3v) is 2.51. The van der Waals surface area contributed by atoms with E-state index in [1.54, 1.807) is 12.1 Å². The summed E-state index contributed by atoms with van der Waals surface area (Å²) in [5.74, 6) is -1.55. The van der Waals surface area contributed by atoms with Crippen molar-refractivity contribution < 1.29 is 8.78 Å². The number of aromatic nitrogens is 1. The molecule has 17 heavy (non-hydrogen) atoms. The Morgan fingerprint density at radius 2 is 1.88 bits per heavy atom. The summed E-state index contributed by atoms with van der Waals surface area (Å²) >= 11 is 0. The Morgan fingerprint density at radius 3 is 2.53 bits per heavy atom. The van der Waals surface area contributed by atoms with E-state index in [1.807, 2.05) is 0 Å². The molecule has 1 aromatic carbocycles. The molecule has 5 heteroatoms. The van der Waals surface area contributed by atoms with Crippen molar-refractivity contribution in [1.82, 2.24) is 4.98 Å². The van der Waals surface area contributed by atoms with Crippen LogP contribution in [0.15, 0.2) is 36.5 Å². The van der Waals surface area contributed by atoms with Crippen LogP contribution in [0, 0.1) is 11.6 Å². The summed E-state index contributed by atoms with van der Waals surface area (Å²) in [6.45, 7) is 0. The van der Waals surface area contributed by atoms with E-state index in [9.17, 15) is 8.78 Å². The van der Waals surface area contributed by atoms with Gasteiger partial charge in [0.1, 0.15) is 5.82 Å². The van der Waals surface area contributed by atoms with E-state index in [0.29, 0.717) is 11.1 Å². The molecule has 2 rings (SSSR count). The van der Waals surface area contributed by atoms with Crippen molar-refractivity contribution in [2.45, 2.75) is 6.04 Å². The SMILES string of the molecule is Nc1ncccc1C(N)c1ccc(F)c(F)c1. The first-order valence-corrected chi connectivity index (χ1v) is 5.00. The Balaban J connectivity index is 2.40. The van der Waals surface area contributed by atoms with Gasteiger partial charge in [-0.15, -0.1) is 0 Å². The van der Waals surface area contributed by atoms with Crippen molar-refractivity contribution in [2.24, 2.45) is 5.73 Å². The largest absolute Gasteiger partial charge is 0.383 e. The minimum absolute atomic E-state index is 0.282. The van der Waals surface area contributed by atoms with E-state index < -0.39 is 17.7 Å². The minimum atomic E-state index is -0.930. The second kappa shape index (κ2) is 4.47. The molecule has 3 nitrogen and oxygen atoms in total. The van der Waals surface area contributed by atoms with Gasteiger partial charge in [-0.05, 0) is 23.8 Å². The van der Waals surface area contributed by atoms with Crippen molar-refractivity contribution in [3.63, 3.8) is 0 Å². The first-order valence-electron chi connectivity index (χ1n) is 5.00. The van der Waals surface area contributed by atoms with Gasteiger partial charge in [0, 0.05) is 11.8 Å². The number of rotatable bonds is 2. The van der Waals surface area contributed by atoms with Crippen LogP contribution in [0.4, 0.5) is 14.6 Å². The zero-order valence-electron chi connectivity index (χ0n) is 8.90. The topological polar surface area (TPSA) is 64.9 Å². The van der Waals surface area contributed by atoms with Crippen LogP contribution in [-0.4, -0.2) is 4.98 Å². The fraction of sp³-hybridized carbons (Fsp3) is 0.0833.